The van der Waals surface area contributed by atoms with Gasteiger partial charge in [-0.2, -0.15) is 0 Å². The third kappa shape index (κ3) is 3.64. The molecule has 0 atom stereocenters. The normalized spacial score (nSPS) is 14.6. The minimum Gasteiger partial charge on any atom is -0.339 e. The van der Waals surface area contributed by atoms with Gasteiger partial charge in [0.1, 0.15) is 11.4 Å². The second-order valence-electron chi connectivity index (χ2n) is 5.63. The van der Waals surface area contributed by atoms with Crippen LogP contribution in [0.3, 0.4) is 0 Å². The SMILES string of the molecule is C#CC(CC)(CC)NC(=O)CSc1nnc(C2CC2)n1CC. The quantitative estimate of drug-likeness (QED) is 0.591. The fourth-order valence-corrected chi connectivity index (χ4v) is 3.26. The molecule has 5 nitrogen and oxygen atoms in total. The summed E-state index contributed by atoms with van der Waals surface area (Å²) in [6.07, 6.45) is 9.43. The molecular weight excluding hydrogens is 296 g/mol. The van der Waals surface area contributed by atoms with Crippen molar-refractivity contribution in [2.24, 2.45) is 0 Å². The highest BCUT2D eigenvalue weighted by molar-refractivity contribution is 7.99. The van der Waals surface area contributed by atoms with E-state index in [0.29, 0.717) is 11.7 Å². The number of hydrogen-bond acceptors (Lipinski definition) is 4. The fourth-order valence-electron chi connectivity index (χ4n) is 2.45. The number of aromatic nitrogens is 3. The molecule has 1 heterocycles. The molecule has 0 spiro atoms. The molecule has 1 aliphatic rings. The number of carbonyl (C=O) groups excluding carboxylic acids is 1. The molecule has 0 aromatic carbocycles. The molecule has 1 aliphatic carbocycles. The molecule has 0 unspecified atom stereocenters. The summed E-state index contributed by atoms with van der Waals surface area (Å²) in [4.78, 5) is 12.2. The van der Waals surface area contributed by atoms with Crippen LogP contribution in [0.2, 0.25) is 0 Å². The van der Waals surface area contributed by atoms with Crippen molar-refractivity contribution in [3.05, 3.63) is 5.82 Å². The zero-order valence-electron chi connectivity index (χ0n) is 13.6. The second-order valence-corrected chi connectivity index (χ2v) is 6.57. The first-order chi connectivity index (χ1) is 10.6. The van der Waals surface area contributed by atoms with Gasteiger partial charge in [0.05, 0.1) is 5.75 Å². The second kappa shape index (κ2) is 7.19. The first-order valence-corrected chi connectivity index (χ1v) is 8.92. The van der Waals surface area contributed by atoms with Crippen molar-refractivity contribution in [1.82, 2.24) is 20.1 Å². The van der Waals surface area contributed by atoms with Gasteiger partial charge >= 0.3 is 0 Å². The van der Waals surface area contributed by atoms with Crippen LogP contribution in [0.1, 0.15) is 58.2 Å². The minimum absolute atomic E-state index is 0.0507. The Morgan fingerprint density at radius 2 is 2.09 bits per heavy atom. The first kappa shape index (κ1) is 16.9. The first-order valence-electron chi connectivity index (χ1n) is 7.93. The number of thioether (sulfide) groups is 1. The molecule has 0 radical (unpaired) electrons. The lowest BCUT2D eigenvalue weighted by atomic mass is 9.94. The van der Waals surface area contributed by atoms with Gasteiger partial charge in [-0.1, -0.05) is 31.5 Å². The Labute approximate surface area is 136 Å². The standard InChI is InChI=1S/C16H24N4OS/c1-5-16(6-2,7-3)17-13(21)11-22-15-19-18-14(12-9-10-12)20(15)8-4/h1,12H,6-11H2,2-4H3,(H,17,21). The van der Waals surface area contributed by atoms with Gasteiger partial charge in [-0.25, -0.2) is 0 Å². The summed E-state index contributed by atoms with van der Waals surface area (Å²) in [5.74, 6) is 4.60. The fraction of sp³-hybridized carbons (Fsp3) is 0.688. The summed E-state index contributed by atoms with van der Waals surface area (Å²) in [6.45, 7) is 6.90. The van der Waals surface area contributed by atoms with Crippen molar-refractivity contribution in [3.63, 3.8) is 0 Å². The van der Waals surface area contributed by atoms with E-state index in [0.717, 1.165) is 30.4 Å². The Morgan fingerprint density at radius 1 is 1.41 bits per heavy atom. The number of nitrogens with zero attached hydrogens (tertiary/aromatic N) is 3. The van der Waals surface area contributed by atoms with Crippen LogP contribution in [0.15, 0.2) is 5.16 Å². The van der Waals surface area contributed by atoms with E-state index in [-0.39, 0.29) is 5.91 Å². The minimum atomic E-state index is -0.532. The average molecular weight is 320 g/mol. The Kier molecular flexibility index (Phi) is 5.52. The highest BCUT2D eigenvalue weighted by atomic mass is 32.2. The molecule has 6 heteroatoms. The lowest BCUT2D eigenvalue weighted by Crippen LogP contribution is -2.47. The van der Waals surface area contributed by atoms with Crippen LogP contribution in [0.4, 0.5) is 0 Å². The van der Waals surface area contributed by atoms with Crippen LogP contribution < -0.4 is 5.32 Å². The number of carbonyl (C=O) groups is 1. The van der Waals surface area contributed by atoms with E-state index in [1.165, 1.54) is 24.6 Å². The van der Waals surface area contributed by atoms with E-state index in [1.807, 2.05) is 13.8 Å². The van der Waals surface area contributed by atoms with Crippen molar-refractivity contribution >= 4 is 17.7 Å². The molecule has 1 amide bonds. The third-order valence-electron chi connectivity index (χ3n) is 4.20. The van der Waals surface area contributed by atoms with Crippen molar-refractivity contribution in [2.75, 3.05) is 5.75 Å². The van der Waals surface area contributed by atoms with Crippen LogP contribution in [0, 0.1) is 12.3 Å². The zero-order chi connectivity index (χ0) is 16.2. The topological polar surface area (TPSA) is 59.8 Å². The van der Waals surface area contributed by atoms with Gasteiger partial charge in [0.15, 0.2) is 5.16 Å². The number of amides is 1. The summed E-state index contributed by atoms with van der Waals surface area (Å²) in [6, 6.07) is 0. The monoisotopic (exact) mass is 320 g/mol. The molecule has 22 heavy (non-hydrogen) atoms. The van der Waals surface area contributed by atoms with Crippen LogP contribution in [-0.2, 0) is 11.3 Å². The van der Waals surface area contributed by atoms with E-state index in [1.54, 1.807) is 0 Å². The predicted molar refractivity (Wildman–Crippen MR) is 88.7 cm³/mol. The molecule has 1 aromatic heterocycles. The lowest BCUT2D eigenvalue weighted by molar-refractivity contribution is -0.119. The number of terminal acetylenes is 1. The maximum absolute atomic E-state index is 12.2. The predicted octanol–water partition coefficient (Wildman–Crippen LogP) is 2.58. The van der Waals surface area contributed by atoms with Crippen molar-refractivity contribution in [1.29, 1.82) is 0 Å². The number of hydrogen-bond donors (Lipinski definition) is 1. The molecule has 0 saturated heterocycles. The van der Waals surface area contributed by atoms with Gasteiger partial charge in [-0.15, -0.1) is 16.6 Å². The molecule has 1 aromatic rings. The summed E-state index contributed by atoms with van der Waals surface area (Å²) in [5.41, 5.74) is -0.532. The summed E-state index contributed by atoms with van der Waals surface area (Å²) >= 11 is 1.43. The average Bonchev–Trinajstić information content (AvgIpc) is 3.30. The van der Waals surface area contributed by atoms with Crippen LogP contribution in [0.25, 0.3) is 0 Å². The highest BCUT2D eigenvalue weighted by Crippen LogP contribution is 2.39. The van der Waals surface area contributed by atoms with Crippen LogP contribution in [0.5, 0.6) is 0 Å². The maximum Gasteiger partial charge on any atom is 0.231 e. The lowest BCUT2D eigenvalue weighted by Gasteiger charge is -2.26. The molecule has 2 rings (SSSR count). The Balaban J connectivity index is 1.95. The summed E-state index contributed by atoms with van der Waals surface area (Å²) < 4.78 is 2.11. The van der Waals surface area contributed by atoms with Crippen LogP contribution >= 0.6 is 11.8 Å². The molecule has 0 aliphatic heterocycles. The Morgan fingerprint density at radius 3 is 2.59 bits per heavy atom. The molecule has 1 fully saturated rings. The van der Waals surface area contributed by atoms with Crippen LogP contribution in [-0.4, -0.2) is 32.0 Å². The third-order valence-corrected chi connectivity index (χ3v) is 5.17. The number of rotatable bonds is 8. The summed E-state index contributed by atoms with van der Waals surface area (Å²) in [7, 11) is 0. The smallest absolute Gasteiger partial charge is 0.231 e. The molecule has 120 valence electrons. The van der Waals surface area contributed by atoms with Gasteiger partial charge in [0, 0.05) is 12.5 Å². The summed E-state index contributed by atoms with van der Waals surface area (Å²) in [5, 5.41) is 12.3. The van der Waals surface area contributed by atoms with Gasteiger partial charge in [-0.05, 0) is 32.6 Å². The highest BCUT2D eigenvalue weighted by Gasteiger charge is 2.30. The van der Waals surface area contributed by atoms with Crippen molar-refractivity contribution in [3.8, 4) is 12.3 Å². The van der Waals surface area contributed by atoms with Gasteiger partial charge < -0.3 is 9.88 Å². The maximum atomic E-state index is 12.2. The van der Waals surface area contributed by atoms with Crippen molar-refractivity contribution < 1.29 is 4.79 Å². The zero-order valence-corrected chi connectivity index (χ0v) is 14.4. The molecular formula is C16H24N4OS. The molecule has 1 saturated carbocycles. The van der Waals surface area contributed by atoms with E-state index in [4.69, 9.17) is 6.42 Å². The Bertz CT molecular complexity index is 567. The van der Waals surface area contributed by atoms with E-state index >= 15 is 0 Å². The van der Waals surface area contributed by atoms with Gasteiger partial charge in [0.2, 0.25) is 5.91 Å². The van der Waals surface area contributed by atoms with E-state index < -0.39 is 5.54 Å². The largest absolute Gasteiger partial charge is 0.339 e. The van der Waals surface area contributed by atoms with E-state index in [2.05, 4.69) is 32.9 Å². The molecule has 0 bridgehead atoms. The van der Waals surface area contributed by atoms with E-state index in [9.17, 15) is 4.79 Å². The Hall–Kier alpha value is -1.48. The van der Waals surface area contributed by atoms with Gasteiger partial charge in [-0.3, -0.25) is 4.79 Å². The number of nitrogens with one attached hydrogen (secondary N) is 1. The van der Waals surface area contributed by atoms with Gasteiger partial charge in [0.25, 0.3) is 0 Å². The van der Waals surface area contributed by atoms with Crippen molar-refractivity contribution in [2.45, 2.75) is 69.6 Å². The molecule has 1 N–H and O–H groups in total.